The normalized spacial score (nSPS) is 24.3. The molecule has 1 aliphatic rings. The number of nitro groups is 1. The van der Waals surface area contributed by atoms with Crippen molar-refractivity contribution in [1.29, 1.82) is 0 Å². The molecule has 1 aromatic carbocycles. The molecule has 1 saturated carbocycles. The molecule has 92 valence electrons. The molecule has 1 aliphatic carbocycles. The molecule has 17 heavy (non-hydrogen) atoms. The maximum Gasteiger partial charge on any atom is 0.310 e. The van der Waals surface area contributed by atoms with Crippen LogP contribution in [-0.2, 0) is 0 Å². The lowest BCUT2D eigenvalue weighted by Crippen LogP contribution is -2.34. The van der Waals surface area contributed by atoms with Gasteiger partial charge in [-0.3, -0.25) is 10.1 Å². The minimum Gasteiger partial charge on any atom is -0.481 e. The third kappa shape index (κ3) is 2.74. The molecule has 0 saturated heterocycles. The lowest BCUT2D eigenvalue weighted by atomic mass is 9.95. The molecule has 0 spiro atoms. The van der Waals surface area contributed by atoms with Gasteiger partial charge in [0, 0.05) is 6.07 Å². The fourth-order valence-corrected chi connectivity index (χ4v) is 2.09. The Kier molecular flexibility index (Phi) is 3.58. The minimum absolute atomic E-state index is 0.0507. The van der Waals surface area contributed by atoms with Gasteiger partial charge in [0.15, 0.2) is 5.75 Å². The summed E-state index contributed by atoms with van der Waals surface area (Å²) < 4.78 is 5.57. The molecule has 5 heteroatoms. The van der Waals surface area contributed by atoms with Gasteiger partial charge in [0.2, 0.25) is 0 Å². The molecular weight excluding hydrogens is 222 g/mol. The highest BCUT2D eigenvalue weighted by molar-refractivity contribution is 5.45. The summed E-state index contributed by atoms with van der Waals surface area (Å²) in [6.45, 7) is 0. The number of aliphatic hydroxyl groups is 1. The number of hydrogen-bond acceptors (Lipinski definition) is 4. The second-order valence-electron chi connectivity index (χ2n) is 4.23. The fourth-order valence-electron chi connectivity index (χ4n) is 2.09. The van der Waals surface area contributed by atoms with Crippen molar-refractivity contribution < 1.29 is 14.8 Å². The van der Waals surface area contributed by atoms with Gasteiger partial charge in [-0.25, -0.2) is 0 Å². The van der Waals surface area contributed by atoms with Crippen LogP contribution in [0.5, 0.6) is 5.75 Å². The van der Waals surface area contributed by atoms with Crippen molar-refractivity contribution in [2.24, 2.45) is 0 Å². The molecule has 1 fully saturated rings. The number of nitrogens with zero attached hydrogens (tertiary/aromatic N) is 1. The summed E-state index contributed by atoms with van der Waals surface area (Å²) in [5.74, 6) is 0.239. The van der Waals surface area contributed by atoms with E-state index in [4.69, 9.17) is 4.74 Å². The van der Waals surface area contributed by atoms with Crippen molar-refractivity contribution in [3.63, 3.8) is 0 Å². The Morgan fingerprint density at radius 1 is 1.29 bits per heavy atom. The quantitative estimate of drug-likeness (QED) is 0.646. The van der Waals surface area contributed by atoms with Crippen LogP contribution < -0.4 is 4.74 Å². The van der Waals surface area contributed by atoms with Crippen LogP contribution in [0.4, 0.5) is 5.69 Å². The Bertz CT molecular complexity index is 407. The zero-order valence-corrected chi connectivity index (χ0v) is 9.41. The van der Waals surface area contributed by atoms with E-state index in [9.17, 15) is 15.2 Å². The summed E-state index contributed by atoms with van der Waals surface area (Å²) in [5.41, 5.74) is -0.0507. The zero-order valence-electron chi connectivity index (χ0n) is 9.41. The maximum atomic E-state index is 10.8. The smallest absolute Gasteiger partial charge is 0.310 e. The highest BCUT2D eigenvalue weighted by atomic mass is 16.6. The third-order valence-electron chi connectivity index (χ3n) is 3.01. The van der Waals surface area contributed by atoms with Crippen molar-refractivity contribution >= 4 is 5.69 Å². The number of para-hydroxylation sites is 2. The minimum atomic E-state index is -0.524. The van der Waals surface area contributed by atoms with Crippen LogP contribution in [0.3, 0.4) is 0 Å². The summed E-state index contributed by atoms with van der Waals surface area (Å²) in [7, 11) is 0. The monoisotopic (exact) mass is 237 g/mol. The van der Waals surface area contributed by atoms with Gasteiger partial charge in [-0.05, 0) is 25.3 Å². The van der Waals surface area contributed by atoms with E-state index >= 15 is 0 Å². The van der Waals surface area contributed by atoms with E-state index < -0.39 is 11.0 Å². The molecule has 0 aromatic heterocycles. The first-order valence-corrected chi connectivity index (χ1v) is 5.76. The molecule has 0 bridgehead atoms. The predicted octanol–water partition coefficient (Wildman–Crippen LogP) is 2.28. The van der Waals surface area contributed by atoms with Crippen LogP contribution in [0.25, 0.3) is 0 Å². The predicted molar refractivity (Wildman–Crippen MR) is 62.0 cm³/mol. The summed E-state index contributed by atoms with van der Waals surface area (Å²) in [6.07, 6.45) is 2.56. The SMILES string of the molecule is O=[N+]([O-])c1ccccc1O[C@@H]1CCCC[C@H]1O. The van der Waals surface area contributed by atoms with Crippen LogP contribution in [0.2, 0.25) is 0 Å². The van der Waals surface area contributed by atoms with Crippen LogP contribution in [-0.4, -0.2) is 22.2 Å². The largest absolute Gasteiger partial charge is 0.481 e. The maximum absolute atomic E-state index is 10.8. The van der Waals surface area contributed by atoms with Gasteiger partial charge < -0.3 is 9.84 Å². The van der Waals surface area contributed by atoms with Gasteiger partial charge >= 0.3 is 5.69 Å². The first kappa shape index (κ1) is 11.9. The van der Waals surface area contributed by atoms with Crippen LogP contribution >= 0.6 is 0 Å². The van der Waals surface area contributed by atoms with Gasteiger partial charge in [-0.2, -0.15) is 0 Å². The number of ether oxygens (including phenoxy) is 1. The summed E-state index contributed by atoms with van der Waals surface area (Å²) >= 11 is 0. The van der Waals surface area contributed by atoms with Gasteiger partial charge in [0.25, 0.3) is 0 Å². The van der Waals surface area contributed by atoms with Crippen molar-refractivity contribution in [3.8, 4) is 5.75 Å². The summed E-state index contributed by atoms with van der Waals surface area (Å²) in [4.78, 5) is 10.3. The van der Waals surface area contributed by atoms with Gasteiger partial charge in [-0.15, -0.1) is 0 Å². The van der Waals surface area contributed by atoms with E-state index in [1.807, 2.05) is 0 Å². The number of aliphatic hydroxyl groups excluding tert-OH is 1. The zero-order chi connectivity index (χ0) is 12.3. The number of benzene rings is 1. The number of nitro benzene ring substituents is 1. The van der Waals surface area contributed by atoms with Crippen molar-refractivity contribution in [2.75, 3.05) is 0 Å². The molecule has 0 aliphatic heterocycles. The van der Waals surface area contributed by atoms with Gasteiger partial charge in [0.05, 0.1) is 11.0 Å². The van der Waals surface area contributed by atoms with E-state index in [0.717, 1.165) is 19.3 Å². The molecule has 2 atom stereocenters. The Balaban J connectivity index is 2.14. The number of rotatable bonds is 3. The lowest BCUT2D eigenvalue weighted by Gasteiger charge is -2.27. The molecule has 0 unspecified atom stereocenters. The van der Waals surface area contributed by atoms with Gasteiger partial charge in [0.1, 0.15) is 6.10 Å². The van der Waals surface area contributed by atoms with E-state index in [-0.39, 0.29) is 17.5 Å². The summed E-state index contributed by atoms with van der Waals surface area (Å²) in [5, 5.41) is 20.6. The topological polar surface area (TPSA) is 72.6 Å². The Labute approximate surface area is 99.2 Å². The molecule has 5 nitrogen and oxygen atoms in total. The van der Waals surface area contributed by atoms with E-state index in [2.05, 4.69) is 0 Å². The molecular formula is C12H15NO4. The lowest BCUT2D eigenvalue weighted by molar-refractivity contribution is -0.386. The van der Waals surface area contributed by atoms with Crippen LogP contribution in [0.15, 0.2) is 24.3 Å². The highest BCUT2D eigenvalue weighted by Gasteiger charge is 2.27. The van der Waals surface area contributed by atoms with E-state index in [1.165, 1.54) is 6.07 Å². The molecule has 0 heterocycles. The Morgan fingerprint density at radius 2 is 2.00 bits per heavy atom. The Hall–Kier alpha value is -1.62. The van der Waals surface area contributed by atoms with Crippen molar-refractivity contribution in [3.05, 3.63) is 34.4 Å². The average Bonchev–Trinajstić information content (AvgIpc) is 2.32. The van der Waals surface area contributed by atoms with Crippen LogP contribution in [0.1, 0.15) is 25.7 Å². The molecule has 1 N–H and O–H groups in total. The number of hydrogen-bond donors (Lipinski definition) is 1. The second kappa shape index (κ2) is 5.14. The first-order chi connectivity index (χ1) is 8.18. The van der Waals surface area contributed by atoms with E-state index in [0.29, 0.717) is 6.42 Å². The molecule has 0 radical (unpaired) electrons. The fraction of sp³-hybridized carbons (Fsp3) is 0.500. The van der Waals surface area contributed by atoms with E-state index in [1.54, 1.807) is 18.2 Å². The third-order valence-corrected chi connectivity index (χ3v) is 3.01. The summed E-state index contributed by atoms with van der Waals surface area (Å²) in [6, 6.07) is 6.27. The standard InChI is InChI=1S/C12H15NO4/c14-10-6-2-4-8-12(10)17-11-7-3-1-5-9(11)13(15)16/h1,3,5,7,10,12,14H,2,4,6,8H2/t10-,12-/m1/s1. The first-order valence-electron chi connectivity index (χ1n) is 5.76. The highest BCUT2D eigenvalue weighted by Crippen LogP contribution is 2.30. The van der Waals surface area contributed by atoms with Crippen molar-refractivity contribution in [1.82, 2.24) is 0 Å². The second-order valence-corrected chi connectivity index (χ2v) is 4.23. The van der Waals surface area contributed by atoms with Crippen LogP contribution in [0, 0.1) is 10.1 Å². The average molecular weight is 237 g/mol. The van der Waals surface area contributed by atoms with Crippen molar-refractivity contribution in [2.45, 2.75) is 37.9 Å². The molecule has 2 rings (SSSR count). The molecule has 0 amide bonds. The Morgan fingerprint density at radius 3 is 2.71 bits per heavy atom. The van der Waals surface area contributed by atoms with Gasteiger partial charge in [-0.1, -0.05) is 18.6 Å². The molecule has 1 aromatic rings.